The molecule has 0 unspecified atom stereocenters. The van der Waals surface area contributed by atoms with Gasteiger partial charge in [0, 0.05) is 5.56 Å². The third kappa shape index (κ3) is 4.11. The summed E-state index contributed by atoms with van der Waals surface area (Å²) >= 11 is 5.96. The maximum atomic E-state index is 12.6. The highest BCUT2D eigenvalue weighted by Crippen LogP contribution is 2.32. The second-order valence-corrected chi connectivity index (χ2v) is 5.38. The van der Waals surface area contributed by atoms with E-state index in [2.05, 4.69) is 0 Å². The van der Waals surface area contributed by atoms with Crippen LogP contribution in [0.15, 0.2) is 36.4 Å². The van der Waals surface area contributed by atoms with Gasteiger partial charge in [0.15, 0.2) is 5.78 Å². The van der Waals surface area contributed by atoms with E-state index in [1.807, 2.05) is 0 Å². The number of ketones is 1. The first-order valence-corrected chi connectivity index (χ1v) is 7.44. The van der Waals surface area contributed by atoms with Crippen LogP contribution >= 0.6 is 11.6 Å². The Hall–Kier alpha value is -2.54. The molecule has 0 atom stereocenters. The summed E-state index contributed by atoms with van der Waals surface area (Å²) in [4.78, 5) is 24.1. The molecule has 0 aliphatic heterocycles. The minimum absolute atomic E-state index is 0.0479. The molecule has 2 aromatic rings. The van der Waals surface area contributed by atoms with Gasteiger partial charge in [0.25, 0.3) is 0 Å². The molecule has 1 N–H and O–H groups in total. The Morgan fingerprint density at radius 1 is 1.12 bits per heavy atom. The van der Waals surface area contributed by atoms with Crippen molar-refractivity contribution in [2.24, 2.45) is 0 Å². The summed E-state index contributed by atoms with van der Waals surface area (Å²) in [5.41, 5.74) is -1.35. The van der Waals surface area contributed by atoms with Gasteiger partial charge in [-0.05, 0) is 31.2 Å². The van der Waals surface area contributed by atoms with Gasteiger partial charge in [0.2, 0.25) is 0 Å². The summed E-state index contributed by atoms with van der Waals surface area (Å²) < 4.78 is 42.5. The highest BCUT2D eigenvalue weighted by molar-refractivity contribution is 6.35. The second kappa shape index (κ2) is 7.14. The van der Waals surface area contributed by atoms with Gasteiger partial charge in [-0.15, -0.1) is 0 Å². The van der Waals surface area contributed by atoms with Crippen LogP contribution in [-0.4, -0.2) is 23.5 Å². The summed E-state index contributed by atoms with van der Waals surface area (Å²) in [5.74, 6) is -2.07. The highest BCUT2D eigenvalue weighted by atomic mass is 35.5. The summed E-state index contributed by atoms with van der Waals surface area (Å²) in [6, 6.07) is 5.65. The smallest absolute Gasteiger partial charge is 0.416 e. The van der Waals surface area contributed by atoms with Crippen LogP contribution in [0.4, 0.5) is 13.2 Å². The monoisotopic (exact) mass is 372 g/mol. The van der Waals surface area contributed by atoms with Crippen LogP contribution in [-0.2, 0) is 10.9 Å². The molecule has 0 amide bonds. The average molecular weight is 373 g/mol. The standard InChI is InChI=1S/C17H12ClF3O4/c1-2-25-16(24)10-7-12(18)14(13(22)8-10)15(23)9-3-5-11(6-4-9)17(19,20)21/h3-8,22H,2H2,1H3. The summed E-state index contributed by atoms with van der Waals surface area (Å²) in [7, 11) is 0. The van der Waals surface area contributed by atoms with Gasteiger partial charge in [0.05, 0.1) is 28.3 Å². The fraction of sp³-hybridized carbons (Fsp3) is 0.176. The minimum atomic E-state index is -4.53. The van der Waals surface area contributed by atoms with E-state index < -0.39 is 29.2 Å². The molecular formula is C17H12ClF3O4. The fourth-order valence-electron chi connectivity index (χ4n) is 2.10. The molecule has 0 saturated carbocycles. The Morgan fingerprint density at radius 2 is 1.72 bits per heavy atom. The van der Waals surface area contributed by atoms with Gasteiger partial charge < -0.3 is 9.84 Å². The number of ether oxygens (including phenoxy) is 1. The van der Waals surface area contributed by atoms with E-state index in [4.69, 9.17) is 16.3 Å². The van der Waals surface area contributed by atoms with Crippen molar-refractivity contribution in [1.82, 2.24) is 0 Å². The molecule has 0 aliphatic rings. The molecular weight excluding hydrogens is 361 g/mol. The molecule has 0 spiro atoms. The molecule has 2 aromatic carbocycles. The predicted octanol–water partition coefficient (Wildman–Crippen LogP) is 4.47. The Labute approximate surface area is 145 Å². The van der Waals surface area contributed by atoms with Gasteiger partial charge in [0.1, 0.15) is 5.75 Å². The Morgan fingerprint density at radius 3 is 2.20 bits per heavy atom. The van der Waals surface area contributed by atoms with Crippen LogP contribution in [0, 0.1) is 0 Å². The molecule has 132 valence electrons. The zero-order chi connectivity index (χ0) is 18.8. The fourth-order valence-corrected chi connectivity index (χ4v) is 2.40. The van der Waals surface area contributed by atoms with Crippen LogP contribution in [0.1, 0.15) is 38.8 Å². The maximum absolute atomic E-state index is 12.6. The van der Waals surface area contributed by atoms with Gasteiger partial charge in [-0.25, -0.2) is 4.79 Å². The molecule has 0 bridgehead atoms. The van der Waals surface area contributed by atoms with Crippen LogP contribution in [0.3, 0.4) is 0 Å². The number of hydrogen-bond donors (Lipinski definition) is 1. The number of phenols is 1. The highest BCUT2D eigenvalue weighted by Gasteiger charge is 2.30. The number of hydrogen-bond acceptors (Lipinski definition) is 4. The van der Waals surface area contributed by atoms with E-state index in [-0.39, 0.29) is 28.3 Å². The van der Waals surface area contributed by atoms with Crippen molar-refractivity contribution >= 4 is 23.4 Å². The number of alkyl halides is 3. The molecule has 4 nitrogen and oxygen atoms in total. The molecule has 0 fully saturated rings. The zero-order valence-electron chi connectivity index (χ0n) is 12.9. The first kappa shape index (κ1) is 18.8. The van der Waals surface area contributed by atoms with Crippen LogP contribution in [0.2, 0.25) is 5.02 Å². The number of carbonyl (C=O) groups excluding carboxylic acids is 2. The lowest BCUT2D eigenvalue weighted by molar-refractivity contribution is -0.137. The van der Waals surface area contributed by atoms with Gasteiger partial charge in [-0.2, -0.15) is 13.2 Å². The quantitative estimate of drug-likeness (QED) is 0.635. The van der Waals surface area contributed by atoms with Gasteiger partial charge >= 0.3 is 12.1 Å². The largest absolute Gasteiger partial charge is 0.507 e. The molecule has 8 heteroatoms. The number of benzene rings is 2. The zero-order valence-corrected chi connectivity index (χ0v) is 13.6. The van der Waals surface area contributed by atoms with Crippen molar-refractivity contribution in [3.05, 3.63) is 63.7 Å². The molecule has 0 aliphatic carbocycles. The number of carbonyl (C=O) groups is 2. The predicted molar refractivity (Wildman–Crippen MR) is 83.9 cm³/mol. The van der Waals surface area contributed by atoms with Crippen molar-refractivity contribution in [2.75, 3.05) is 6.61 Å². The third-order valence-corrected chi connectivity index (χ3v) is 3.58. The van der Waals surface area contributed by atoms with Crippen molar-refractivity contribution in [3.8, 4) is 5.75 Å². The first-order chi connectivity index (χ1) is 11.6. The third-order valence-electron chi connectivity index (χ3n) is 3.28. The first-order valence-electron chi connectivity index (χ1n) is 7.06. The normalized spacial score (nSPS) is 11.2. The summed E-state index contributed by atoms with van der Waals surface area (Å²) in [6.45, 7) is 1.71. The number of halogens is 4. The lowest BCUT2D eigenvalue weighted by Crippen LogP contribution is -2.09. The molecule has 25 heavy (non-hydrogen) atoms. The van der Waals surface area contributed by atoms with E-state index in [0.717, 1.165) is 36.4 Å². The maximum Gasteiger partial charge on any atom is 0.416 e. The van der Waals surface area contributed by atoms with Crippen LogP contribution in [0.5, 0.6) is 5.75 Å². The van der Waals surface area contributed by atoms with Crippen molar-refractivity contribution < 1.29 is 32.6 Å². The van der Waals surface area contributed by atoms with Gasteiger partial charge in [-0.1, -0.05) is 23.7 Å². The van der Waals surface area contributed by atoms with Crippen molar-refractivity contribution in [1.29, 1.82) is 0 Å². The summed E-state index contributed by atoms with van der Waals surface area (Å²) in [6.07, 6.45) is -4.53. The number of aromatic hydroxyl groups is 1. The molecule has 2 rings (SSSR count). The number of rotatable bonds is 4. The Balaban J connectivity index is 2.38. The number of phenolic OH excluding ortho intramolecular Hbond substituents is 1. The molecule has 0 aromatic heterocycles. The van der Waals surface area contributed by atoms with E-state index in [1.54, 1.807) is 6.92 Å². The molecule has 0 radical (unpaired) electrons. The van der Waals surface area contributed by atoms with E-state index in [1.165, 1.54) is 0 Å². The van der Waals surface area contributed by atoms with E-state index in [9.17, 15) is 27.9 Å². The number of esters is 1. The van der Waals surface area contributed by atoms with Crippen LogP contribution in [0.25, 0.3) is 0 Å². The van der Waals surface area contributed by atoms with Crippen LogP contribution < -0.4 is 0 Å². The SMILES string of the molecule is CCOC(=O)c1cc(O)c(C(=O)c2ccc(C(F)(F)F)cc2)c(Cl)c1. The van der Waals surface area contributed by atoms with Crippen molar-refractivity contribution in [2.45, 2.75) is 13.1 Å². The molecule has 0 heterocycles. The Bertz CT molecular complexity index is 791. The average Bonchev–Trinajstić information content (AvgIpc) is 2.53. The minimum Gasteiger partial charge on any atom is -0.507 e. The summed E-state index contributed by atoms with van der Waals surface area (Å²) in [5, 5.41) is 9.80. The van der Waals surface area contributed by atoms with E-state index in [0.29, 0.717) is 0 Å². The topological polar surface area (TPSA) is 63.6 Å². The second-order valence-electron chi connectivity index (χ2n) is 4.98. The van der Waals surface area contributed by atoms with Gasteiger partial charge in [-0.3, -0.25) is 4.79 Å². The lowest BCUT2D eigenvalue weighted by Gasteiger charge is -2.10. The van der Waals surface area contributed by atoms with E-state index >= 15 is 0 Å². The lowest BCUT2D eigenvalue weighted by atomic mass is 9.99. The Kier molecular flexibility index (Phi) is 5.37. The van der Waals surface area contributed by atoms with Crippen molar-refractivity contribution in [3.63, 3.8) is 0 Å². The molecule has 0 saturated heterocycles.